The number of aromatic nitrogens is 3. The SMILES string of the molecule is CCn1c(N2CCCC(C(=O)N(C)Cc3cccnc3)C2)cc(=O)n(C)c1=O. The fourth-order valence-electron chi connectivity index (χ4n) is 3.76. The Balaban J connectivity index is 1.78. The Bertz CT molecular complexity index is 951. The molecule has 8 nitrogen and oxygen atoms in total. The summed E-state index contributed by atoms with van der Waals surface area (Å²) in [4.78, 5) is 45.3. The van der Waals surface area contributed by atoms with E-state index >= 15 is 0 Å². The van der Waals surface area contributed by atoms with Gasteiger partial charge in [-0.1, -0.05) is 6.07 Å². The molecule has 1 unspecified atom stereocenters. The molecule has 3 rings (SSSR count). The van der Waals surface area contributed by atoms with Gasteiger partial charge in [-0.25, -0.2) is 4.79 Å². The minimum absolute atomic E-state index is 0.0720. The van der Waals surface area contributed by atoms with E-state index in [-0.39, 0.29) is 23.1 Å². The van der Waals surface area contributed by atoms with E-state index in [1.165, 1.54) is 13.1 Å². The first kappa shape index (κ1) is 19.9. The molecule has 8 heteroatoms. The van der Waals surface area contributed by atoms with Crippen molar-refractivity contribution in [3.8, 4) is 0 Å². The monoisotopic (exact) mass is 385 g/mol. The maximum atomic E-state index is 13.0. The van der Waals surface area contributed by atoms with E-state index < -0.39 is 0 Å². The zero-order valence-corrected chi connectivity index (χ0v) is 16.7. The third kappa shape index (κ3) is 4.00. The summed E-state index contributed by atoms with van der Waals surface area (Å²) in [5, 5.41) is 0. The third-order valence-corrected chi connectivity index (χ3v) is 5.31. The van der Waals surface area contributed by atoms with Gasteiger partial charge in [-0.15, -0.1) is 0 Å². The van der Waals surface area contributed by atoms with E-state index in [0.29, 0.717) is 25.5 Å². The van der Waals surface area contributed by atoms with Crippen molar-refractivity contribution in [1.82, 2.24) is 19.0 Å². The highest BCUT2D eigenvalue weighted by Gasteiger charge is 2.29. The van der Waals surface area contributed by atoms with Crippen LogP contribution in [0.4, 0.5) is 5.82 Å². The number of hydrogen-bond donors (Lipinski definition) is 0. The highest BCUT2D eigenvalue weighted by molar-refractivity contribution is 5.79. The standard InChI is InChI=1S/C20H27N5O3/c1-4-25-17(11-18(26)23(3)20(25)28)24-10-6-8-16(14-24)19(27)22(2)13-15-7-5-9-21-12-15/h5,7,9,11-12,16H,4,6,8,10,13-14H2,1-3H3. The highest BCUT2D eigenvalue weighted by atomic mass is 16.2. The lowest BCUT2D eigenvalue weighted by atomic mass is 9.96. The van der Waals surface area contributed by atoms with Gasteiger partial charge in [0.1, 0.15) is 5.82 Å². The Hall–Kier alpha value is -2.90. The summed E-state index contributed by atoms with van der Waals surface area (Å²) in [7, 11) is 3.28. The zero-order chi connectivity index (χ0) is 20.3. The molecule has 0 spiro atoms. The average Bonchev–Trinajstić information content (AvgIpc) is 2.72. The topological polar surface area (TPSA) is 80.4 Å². The van der Waals surface area contributed by atoms with Gasteiger partial charge in [0.15, 0.2) is 0 Å². The second kappa shape index (κ2) is 8.41. The molecule has 1 aliphatic rings. The second-order valence-electron chi connectivity index (χ2n) is 7.27. The van der Waals surface area contributed by atoms with Gasteiger partial charge in [-0.3, -0.25) is 23.7 Å². The van der Waals surface area contributed by atoms with Gasteiger partial charge in [0.25, 0.3) is 5.56 Å². The number of carbonyl (C=O) groups excluding carboxylic acids is 1. The van der Waals surface area contributed by atoms with Gasteiger partial charge < -0.3 is 9.80 Å². The molecular weight excluding hydrogens is 358 g/mol. The summed E-state index contributed by atoms with van der Waals surface area (Å²) in [6, 6.07) is 5.30. The van der Waals surface area contributed by atoms with Crippen molar-refractivity contribution >= 4 is 11.7 Å². The highest BCUT2D eigenvalue weighted by Crippen LogP contribution is 2.23. The number of pyridine rings is 1. The van der Waals surface area contributed by atoms with Crippen molar-refractivity contribution in [3.05, 3.63) is 57.0 Å². The molecule has 0 bridgehead atoms. The van der Waals surface area contributed by atoms with Crippen LogP contribution in [0.2, 0.25) is 0 Å². The van der Waals surface area contributed by atoms with E-state index in [9.17, 15) is 14.4 Å². The lowest BCUT2D eigenvalue weighted by molar-refractivity contribution is -0.135. The molecular formula is C20H27N5O3. The van der Waals surface area contributed by atoms with E-state index in [1.54, 1.807) is 28.9 Å². The minimum atomic E-state index is -0.327. The molecule has 0 saturated carbocycles. The van der Waals surface area contributed by atoms with Crippen LogP contribution in [-0.4, -0.2) is 45.1 Å². The van der Waals surface area contributed by atoms with Crippen molar-refractivity contribution in [2.45, 2.75) is 32.9 Å². The van der Waals surface area contributed by atoms with Crippen LogP contribution in [0.1, 0.15) is 25.3 Å². The summed E-state index contributed by atoms with van der Waals surface area (Å²) < 4.78 is 2.70. The van der Waals surface area contributed by atoms with Gasteiger partial charge in [0.2, 0.25) is 5.91 Å². The van der Waals surface area contributed by atoms with Crippen molar-refractivity contribution < 1.29 is 4.79 Å². The zero-order valence-electron chi connectivity index (χ0n) is 16.7. The van der Waals surface area contributed by atoms with Crippen LogP contribution in [0, 0.1) is 5.92 Å². The summed E-state index contributed by atoms with van der Waals surface area (Å²) in [5.41, 5.74) is 0.330. The quantitative estimate of drug-likeness (QED) is 0.762. The summed E-state index contributed by atoms with van der Waals surface area (Å²) in [6.07, 6.45) is 5.11. The number of rotatable bonds is 5. The fourth-order valence-corrected chi connectivity index (χ4v) is 3.76. The van der Waals surface area contributed by atoms with Crippen LogP contribution in [0.5, 0.6) is 0 Å². The molecule has 1 aliphatic heterocycles. The molecule has 0 N–H and O–H groups in total. The Morgan fingerprint density at radius 2 is 2.14 bits per heavy atom. The molecule has 1 amide bonds. The average molecular weight is 385 g/mol. The van der Waals surface area contributed by atoms with E-state index in [1.807, 2.05) is 24.0 Å². The van der Waals surface area contributed by atoms with Gasteiger partial charge in [-0.2, -0.15) is 0 Å². The lowest BCUT2D eigenvalue weighted by Crippen LogP contribution is -2.47. The minimum Gasteiger partial charge on any atom is -0.357 e. The first-order chi connectivity index (χ1) is 13.4. The third-order valence-electron chi connectivity index (χ3n) is 5.31. The molecule has 2 aromatic rings. The van der Waals surface area contributed by atoms with Crippen LogP contribution in [-0.2, 0) is 24.9 Å². The molecule has 2 aromatic heterocycles. The maximum absolute atomic E-state index is 13.0. The molecule has 1 atom stereocenters. The van der Waals surface area contributed by atoms with Crippen molar-refractivity contribution in [2.24, 2.45) is 13.0 Å². The Morgan fingerprint density at radius 3 is 2.82 bits per heavy atom. The van der Waals surface area contributed by atoms with Crippen LogP contribution in [0.3, 0.4) is 0 Å². The van der Waals surface area contributed by atoms with Crippen molar-refractivity contribution in [3.63, 3.8) is 0 Å². The number of nitrogens with zero attached hydrogens (tertiary/aromatic N) is 5. The molecule has 150 valence electrons. The van der Waals surface area contributed by atoms with E-state index in [4.69, 9.17) is 0 Å². The van der Waals surface area contributed by atoms with Gasteiger partial charge in [0.05, 0.1) is 5.92 Å². The first-order valence-corrected chi connectivity index (χ1v) is 9.62. The summed E-state index contributed by atoms with van der Waals surface area (Å²) in [6.45, 7) is 4.09. The number of piperidine rings is 1. The van der Waals surface area contributed by atoms with E-state index in [2.05, 4.69) is 4.98 Å². The maximum Gasteiger partial charge on any atom is 0.332 e. The largest absolute Gasteiger partial charge is 0.357 e. The van der Waals surface area contributed by atoms with E-state index in [0.717, 1.165) is 29.5 Å². The van der Waals surface area contributed by atoms with Crippen LogP contribution >= 0.6 is 0 Å². The van der Waals surface area contributed by atoms with Crippen LogP contribution < -0.4 is 16.1 Å². The molecule has 28 heavy (non-hydrogen) atoms. The summed E-state index contributed by atoms with van der Waals surface area (Å²) in [5.74, 6) is 0.505. The van der Waals surface area contributed by atoms with Gasteiger partial charge >= 0.3 is 5.69 Å². The van der Waals surface area contributed by atoms with Crippen molar-refractivity contribution in [2.75, 3.05) is 25.0 Å². The smallest absolute Gasteiger partial charge is 0.332 e. The number of carbonyl (C=O) groups is 1. The molecule has 0 radical (unpaired) electrons. The normalized spacial score (nSPS) is 16.8. The predicted octanol–water partition coefficient (Wildman–Crippen LogP) is 0.837. The second-order valence-corrected chi connectivity index (χ2v) is 7.27. The Kier molecular flexibility index (Phi) is 5.96. The van der Waals surface area contributed by atoms with Gasteiger partial charge in [0, 0.05) is 58.7 Å². The first-order valence-electron chi connectivity index (χ1n) is 9.62. The molecule has 0 aliphatic carbocycles. The number of anilines is 1. The molecule has 1 fully saturated rings. The van der Waals surface area contributed by atoms with Crippen molar-refractivity contribution in [1.29, 1.82) is 0 Å². The number of amides is 1. The molecule has 3 heterocycles. The Morgan fingerprint density at radius 1 is 1.36 bits per heavy atom. The predicted molar refractivity (Wildman–Crippen MR) is 107 cm³/mol. The lowest BCUT2D eigenvalue weighted by Gasteiger charge is -2.36. The Labute approximate surface area is 164 Å². The van der Waals surface area contributed by atoms with Crippen LogP contribution in [0.25, 0.3) is 0 Å². The fraction of sp³-hybridized carbons (Fsp3) is 0.500. The van der Waals surface area contributed by atoms with Gasteiger partial charge in [-0.05, 0) is 31.4 Å². The summed E-state index contributed by atoms with van der Waals surface area (Å²) >= 11 is 0. The van der Waals surface area contributed by atoms with Crippen LogP contribution in [0.15, 0.2) is 40.2 Å². The number of hydrogen-bond acceptors (Lipinski definition) is 5. The molecule has 0 aromatic carbocycles. The molecule has 1 saturated heterocycles.